The van der Waals surface area contributed by atoms with Gasteiger partial charge in [0.2, 0.25) is 8.32 Å². The predicted octanol–water partition coefficient (Wildman–Crippen LogP) is 5.33. The zero-order valence-electron chi connectivity index (χ0n) is 10.4. The number of benzene rings is 1. The van der Waals surface area contributed by atoms with E-state index < -0.39 is 8.32 Å². The summed E-state index contributed by atoms with van der Waals surface area (Å²) >= 11 is 8.22. The fraction of sp³-hybridized carbons (Fsp3) is 0.500. The minimum atomic E-state index is -1.73. The van der Waals surface area contributed by atoms with Crippen LogP contribution in [0, 0.1) is 3.57 Å². The molecule has 0 unspecified atom stereocenters. The van der Waals surface area contributed by atoms with Crippen molar-refractivity contribution in [3.05, 3.63) is 26.8 Å². The molecule has 0 aliphatic rings. The van der Waals surface area contributed by atoms with Crippen LogP contribution in [0.4, 0.5) is 0 Å². The maximum Gasteiger partial charge on any atom is 0.250 e. The van der Waals surface area contributed by atoms with Gasteiger partial charge < -0.3 is 4.43 Å². The van der Waals surface area contributed by atoms with Gasteiger partial charge in [-0.3, -0.25) is 0 Å². The highest BCUT2D eigenvalue weighted by atomic mass is 127. The fourth-order valence-corrected chi connectivity index (χ4v) is 2.61. The normalized spacial score (nSPS) is 12.7. The molecule has 90 valence electrons. The van der Waals surface area contributed by atoms with Crippen LogP contribution in [0.3, 0.4) is 0 Å². The van der Waals surface area contributed by atoms with E-state index in [4.69, 9.17) is 16.0 Å². The van der Waals surface area contributed by atoms with Crippen molar-refractivity contribution in [1.82, 2.24) is 0 Å². The summed E-state index contributed by atoms with van der Waals surface area (Å²) in [4.78, 5) is 0. The Hall–Kier alpha value is 0.257. The van der Waals surface area contributed by atoms with Gasteiger partial charge in [-0.15, -0.1) is 0 Å². The van der Waals surface area contributed by atoms with Gasteiger partial charge >= 0.3 is 0 Å². The molecule has 0 N–H and O–H groups in total. The fourth-order valence-electron chi connectivity index (χ4n) is 0.988. The first kappa shape index (κ1) is 14.3. The van der Waals surface area contributed by atoms with Gasteiger partial charge in [-0.2, -0.15) is 0 Å². The average molecular weight is 369 g/mol. The standard InChI is InChI=1S/C12H18ClIOSi/c1-12(2,3)16(4,5)15-9-6-7-10(13)11(14)8-9/h6-8H,1-5H3. The van der Waals surface area contributed by atoms with E-state index in [1.807, 2.05) is 18.2 Å². The second-order valence-corrected chi connectivity index (χ2v) is 11.7. The lowest BCUT2D eigenvalue weighted by molar-refractivity contribution is 0.492. The van der Waals surface area contributed by atoms with Crippen molar-refractivity contribution >= 4 is 42.5 Å². The van der Waals surface area contributed by atoms with Crippen molar-refractivity contribution in [1.29, 1.82) is 0 Å². The zero-order chi connectivity index (χ0) is 12.6. The van der Waals surface area contributed by atoms with Crippen LogP contribution in [0.5, 0.6) is 5.75 Å². The molecule has 16 heavy (non-hydrogen) atoms. The topological polar surface area (TPSA) is 9.23 Å². The van der Waals surface area contributed by atoms with Gasteiger partial charge in [0.25, 0.3) is 0 Å². The molecule has 0 fully saturated rings. The zero-order valence-corrected chi connectivity index (χ0v) is 14.3. The molecule has 1 aromatic carbocycles. The molecule has 1 aromatic rings. The highest BCUT2D eigenvalue weighted by Gasteiger charge is 2.38. The quantitative estimate of drug-likeness (QED) is 0.506. The van der Waals surface area contributed by atoms with Gasteiger partial charge in [0, 0.05) is 3.57 Å². The molecule has 0 aromatic heterocycles. The van der Waals surface area contributed by atoms with Gasteiger partial charge in [-0.05, 0) is 58.9 Å². The van der Waals surface area contributed by atoms with Crippen molar-refractivity contribution in [2.45, 2.75) is 38.9 Å². The molecule has 1 nitrogen and oxygen atoms in total. The maximum absolute atomic E-state index is 6.18. The third-order valence-corrected chi connectivity index (χ3v) is 8.97. The van der Waals surface area contributed by atoms with E-state index in [-0.39, 0.29) is 5.04 Å². The molecular weight excluding hydrogens is 351 g/mol. The molecule has 0 bridgehead atoms. The molecule has 0 saturated heterocycles. The second-order valence-electron chi connectivity index (χ2n) is 5.44. The average Bonchev–Trinajstić information content (AvgIpc) is 2.09. The van der Waals surface area contributed by atoms with Crippen LogP contribution in [-0.2, 0) is 0 Å². The Balaban J connectivity index is 2.93. The Kier molecular flexibility index (Phi) is 4.35. The monoisotopic (exact) mass is 368 g/mol. The van der Waals surface area contributed by atoms with E-state index in [1.165, 1.54) is 0 Å². The molecule has 0 atom stereocenters. The van der Waals surface area contributed by atoms with Gasteiger partial charge in [0.1, 0.15) is 5.75 Å². The van der Waals surface area contributed by atoms with Crippen molar-refractivity contribution in [3.8, 4) is 5.75 Å². The molecule has 0 amide bonds. The van der Waals surface area contributed by atoms with E-state index in [0.717, 1.165) is 14.3 Å². The lowest BCUT2D eigenvalue weighted by atomic mass is 10.2. The van der Waals surface area contributed by atoms with E-state index in [9.17, 15) is 0 Å². The number of rotatable bonds is 2. The summed E-state index contributed by atoms with van der Waals surface area (Å²) in [6, 6.07) is 5.85. The van der Waals surface area contributed by atoms with Gasteiger partial charge in [0.05, 0.1) is 5.02 Å². The molecule has 0 aliphatic heterocycles. The van der Waals surface area contributed by atoms with Crippen LogP contribution in [0.25, 0.3) is 0 Å². The largest absolute Gasteiger partial charge is 0.543 e. The van der Waals surface area contributed by atoms with Gasteiger partial charge in [-0.25, -0.2) is 0 Å². The lowest BCUT2D eigenvalue weighted by Gasteiger charge is -2.36. The van der Waals surface area contributed by atoms with Crippen LogP contribution in [0.1, 0.15) is 20.8 Å². The Morgan fingerprint density at radius 2 is 1.81 bits per heavy atom. The van der Waals surface area contributed by atoms with Gasteiger partial charge in [0.15, 0.2) is 0 Å². The van der Waals surface area contributed by atoms with Crippen LogP contribution in [-0.4, -0.2) is 8.32 Å². The second kappa shape index (κ2) is 4.86. The summed E-state index contributed by atoms with van der Waals surface area (Å²) in [5, 5.41) is 1.00. The lowest BCUT2D eigenvalue weighted by Crippen LogP contribution is -2.43. The highest BCUT2D eigenvalue weighted by molar-refractivity contribution is 14.1. The number of hydrogen-bond donors (Lipinski definition) is 0. The summed E-state index contributed by atoms with van der Waals surface area (Å²) in [5.41, 5.74) is 0. The Morgan fingerprint density at radius 3 is 2.25 bits per heavy atom. The van der Waals surface area contributed by atoms with Crippen molar-refractivity contribution < 1.29 is 4.43 Å². The first-order chi connectivity index (χ1) is 7.13. The summed E-state index contributed by atoms with van der Waals surface area (Å²) in [5.74, 6) is 0.931. The molecule has 0 saturated carbocycles. The Bertz CT molecular complexity index is 385. The molecular formula is C12H18ClIOSi. The molecule has 0 radical (unpaired) electrons. The van der Waals surface area contributed by atoms with Crippen LogP contribution in [0.15, 0.2) is 18.2 Å². The Morgan fingerprint density at radius 1 is 1.25 bits per heavy atom. The van der Waals surface area contributed by atoms with Crippen LogP contribution >= 0.6 is 34.2 Å². The number of halogens is 2. The van der Waals surface area contributed by atoms with Crippen molar-refractivity contribution in [3.63, 3.8) is 0 Å². The highest BCUT2D eigenvalue weighted by Crippen LogP contribution is 2.37. The summed E-state index contributed by atoms with van der Waals surface area (Å²) < 4.78 is 7.22. The number of hydrogen-bond acceptors (Lipinski definition) is 1. The van der Waals surface area contributed by atoms with E-state index in [1.54, 1.807) is 0 Å². The third kappa shape index (κ3) is 3.37. The van der Waals surface area contributed by atoms with Gasteiger partial charge in [-0.1, -0.05) is 32.4 Å². The molecule has 0 aliphatic carbocycles. The van der Waals surface area contributed by atoms with E-state index in [0.29, 0.717) is 0 Å². The summed E-state index contributed by atoms with van der Waals surface area (Å²) in [6.45, 7) is 11.2. The first-order valence-corrected chi connectivity index (χ1v) is 9.64. The molecule has 0 heterocycles. The molecule has 1 rings (SSSR count). The minimum Gasteiger partial charge on any atom is -0.543 e. The third-order valence-electron chi connectivity index (χ3n) is 3.07. The van der Waals surface area contributed by atoms with E-state index in [2.05, 4.69) is 56.5 Å². The van der Waals surface area contributed by atoms with E-state index >= 15 is 0 Å². The molecule has 0 spiro atoms. The summed E-state index contributed by atoms with van der Waals surface area (Å²) in [7, 11) is -1.73. The SMILES string of the molecule is CC(C)(C)[Si](C)(C)Oc1ccc(Cl)c(I)c1. The smallest absolute Gasteiger partial charge is 0.250 e. The minimum absolute atomic E-state index is 0.220. The first-order valence-electron chi connectivity index (χ1n) is 5.27. The Labute approximate surface area is 118 Å². The predicted molar refractivity (Wildman–Crippen MR) is 82.0 cm³/mol. The summed E-state index contributed by atoms with van der Waals surface area (Å²) in [6.07, 6.45) is 0. The van der Waals surface area contributed by atoms with Crippen LogP contribution < -0.4 is 4.43 Å². The maximum atomic E-state index is 6.18. The van der Waals surface area contributed by atoms with Crippen molar-refractivity contribution in [2.24, 2.45) is 0 Å². The van der Waals surface area contributed by atoms with Crippen molar-refractivity contribution in [2.75, 3.05) is 0 Å². The van der Waals surface area contributed by atoms with Crippen LogP contribution in [0.2, 0.25) is 23.2 Å². The molecule has 4 heteroatoms.